The van der Waals surface area contributed by atoms with Crippen molar-refractivity contribution in [1.29, 1.82) is 0 Å². The Morgan fingerprint density at radius 1 is 1.39 bits per heavy atom. The first kappa shape index (κ1) is 14.3. The molecule has 1 aromatic rings. The molecule has 0 saturated heterocycles. The van der Waals surface area contributed by atoms with Crippen molar-refractivity contribution < 1.29 is 17.9 Å². The average Bonchev–Trinajstić information content (AvgIpc) is 2.27. The number of anilines is 1. The van der Waals surface area contributed by atoms with Gasteiger partial charge in [-0.05, 0) is 18.2 Å². The number of urea groups is 1. The van der Waals surface area contributed by atoms with Crippen LogP contribution in [0.5, 0.6) is 5.75 Å². The zero-order valence-electron chi connectivity index (χ0n) is 10.3. The first-order valence-corrected chi connectivity index (χ1v) is 6.49. The molecule has 1 rings (SSSR count). The predicted molar refractivity (Wildman–Crippen MR) is 67.1 cm³/mol. The zero-order valence-corrected chi connectivity index (χ0v) is 11.1. The molecule has 7 nitrogen and oxygen atoms in total. The molecule has 0 aliphatic carbocycles. The van der Waals surface area contributed by atoms with Gasteiger partial charge in [-0.2, -0.15) is 0 Å². The molecule has 0 unspecified atom stereocenters. The minimum atomic E-state index is -3.91. The highest BCUT2D eigenvalue weighted by molar-refractivity contribution is 7.89. The Balaban J connectivity index is 3.16. The van der Waals surface area contributed by atoms with Crippen LogP contribution < -0.4 is 15.2 Å². The number of hydrogen-bond donors (Lipinski definition) is 2. The minimum absolute atomic E-state index is 0.125. The molecule has 0 saturated carbocycles. The normalized spacial score (nSPS) is 10.9. The minimum Gasteiger partial charge on any atom is -0.495 e. The van der Waals surface area contributed by atoms with Crippen LogP contribution in [0.3, 0.4) is 0 Å². The second kappa shape index (κ2) is 5.23. The molecule has 2 amide bonds. The molecule has 0 aliphatic rings. The number of nitrogens with zero attached hydrogens (tertiary/aromatic N) is 1. The maximum absolute atomic E-state index is 11.4. The predicted octanol–water partition coefficient (Wildman–Crippen LogP) is 0.436. The lowest BCUT2D eigenvalue weighted by atomic mass is 10.3. The fraction of sp³-hybridized carbons (Fsp3) is 0.300. The summed E-state index contributed by atoms with van der Waals surface area (Å²) in [6.45, 7) is 0. The summed E-state index contributed by atoms with van der Waals surface area (Å²) < 4.78 is 27.6. The quantitative estimate of drug-likeness (QED) is 0.834. The molecule has 0 atom stereocenters. The highest BCUT2D eigenvalue weighted by Gasteiger charge is 2.16. The summed E-state index contributed by atoms with van der Waals surface area (Å²) in [7, 11) is 0.559. The molecular weight excluding hydrogens is 258 g/mol. The topological polar surface area (TPSA) is 102 Å². The molecule has 0 spiro atoms. The molecule has 0 radical (unpaired) electrons. The molecule has 8 heteroatoms. The van der Waals surface area contributed by atoms with Gasteiger partial charge in [0, 0.05) is 19.8 Å². The fourth-order valence-corrected chi connectivity index (χ4v) is 1.94. The summed E-state index contributed by atoms with van der Waals surface area (Å²) in [6.07, 6.45) is 0. The van der Waals surface area contributed by atoms with Crippen molar-refractivity contribution in [3.8, 4) is 5.75 Å². The Hall–Kier alpha value is -1.80. The molecule has 18 heavy (non-hydrogen) atoms. The highest BCUT2D eigenvalue weighted by atomic mass is 32.2. The van der Waals surface area contributed by atoms with Crippen LogP contribution in [0.1, 0.15) is 0 Å². The van der Waals surface area contributed by atoms with Crippen LogP contribution in [-0.4, -0.2) is 40.6 Å². The van der Waals surface area contributed by atoms with E-state index in [0.29, 0.717) is 5.69 Å². The van der Waals surface area contributed by atoms with Gasteiger partial charge < -0.3 is 15.0 Å². The Morgan fingerprint density at radius 3 is 2.44 bits per heavy atom. The Kier molecular flexibility index (Phi) is 4.15. The van der Waals surface area contributed by atoms with Gasteiger partial charge in [0.15, 0.2) is 0 Å². The standard InChI is InChI=1S/C10H15N3O4S/c1-13(2)10(14)12-7-4-5-8(17-3)9(6-7)18(11,15)16/h4-6H,1-3H3,(H,12,14)(H2,11,15,16). The maximum atomic E-state index is 11.4. The largest absolute Gasteiger partial charge is 0.495 e. The molecule has 0 fully saturated rings. The van der Waals surface area contributed by atoms with Gasteiger partial charge in [-0.15, -0.1) is 0 Å². The summed E-state index contributed by atoms with van der Waals surface area (Å²) in [5.74, 6) is 0.125. The van der Waals surface area contributed by atoms with Crippen molar-refractivity contribution in [3.05, 3.63) is 18.2 Å². The molecule has 3 N–H and O–H groups in total. The summed E-state index contributed by atoms with van der Waals surface area (Å²) in [5, 5.41) is 7.58. The lowest BCUT2D eigenvalue weighted by molar-refractivity contribution is 0.230. The van der Waals surface area contributed by atoms with Crippen molar-refractivity contribution in [2.45, 2.75) is 4.90 Å². The van der Waals surface area contributed by atoms with Gasteiger partial charge in [0.1, 0.15) is 10.6 Å². The van der Waals surface area contributed by atoms with E-state index in [0.717, 1.165) is 0 Å². The van der Waals surface area contributed by atoms with Crippen molar-refractivity contribution in [3.63, 3.8) is 0 Å². The number of ether oxygens (including phenoxy) is 1. The number of hydrogen-bond acceptors (Lipinski definition) is 4. The van der Waals surface area contributed by atoms with E-state index in [9.17, 15) is 13.2 Å². The number of nitrogens with one attached hydrogen (secondary N) is 1. The number of amides is 2. The monoisotopic (exact) mass is 273 g/mol. The van der Waals surface area contributed by atoms with E-state index in [-0.39, 0.29) is 16.7 Å². The number of benzene rings is 1. The number of sulfonamides is 1. The van der Waals surface area contributed by atoms with E-state index < -0.39 is 10.0 Å². The maximum Gasteiger partial charge on any atom is 0.321 e. The number of rotatable bonds is 3. The lowest BCUT2D eigenvalue weighted by Gasteiger charge is -2.13. The van der Waals surface area contributed by atoms with E-state index in [1.54, 1.807) is 14.1 Å². The Morgan fingerprint density at radius 2 is 2.00 bits per heavy atom. The van der Waals surface area contributed by atoms with Gasteiger partial charge in [0.2, 0.25) is 10.0 Å². The number of methoxy groups -OCH3 is 1. The van der Waals surface area contributed by atoms with Crippen LogP contribution in [0.15, 0.2) is 23.1 Å². The Labute approximate surface area is 106 Å². The van der Waals surface area contributed by atoms with Gasteiger partial charge in [0.25, 0.3) is 0 Å². The van der Waals surface area contributed by atoms with Crippen LogP contribution in [0.2, 0.25) is 0 Å². The van der Waals surface area contributed by atoms with E-state index in [1.165, 1.54) is 30.2 Å². The van der Waals surface area contributed by atoms with Crippen molar-refractivity contribution >= 4 is 21.7 Å². The van der Waals surface area contributed by atoms with E-state index in [2.05, 4.69) is 5.32 Å². The van der Waals surface area contributed by atoms with Crippen LogP contribution in [0, 0.1) is 0 Å². The lowest BCUT2D eigenvalue weighted by Crippen LogP contribution is -2.27. The summed E-state index contributed by atoms with van der Waals surface area (Å²) in [5.41, 5.74) is 0.318. The summed E-state index contributed by atoms with van der Waals surface area (Å²) in [6, 6.07) is 3.82. The third kappa shape index (κ3) is 3.34. The molecule has 0 aromatic heterocycles. The first-order chi connectivity index (χ1) is 8.25. The van der Waals surface area contributed by atoms with Gasteiger partial charge in [0.05, 0.1) is 7.11 Å². The number of nitrogens with two attached hydrogens (primary N) is 1. The van der Waals surface area contributed by atoms with Crippen LogP contribution in [0.4, 0.5) is 10.5 Å². The molecule has 1 aromatic carbocycles. The second-order valence-corrected chi connectivity index (χ2v) is 5.27. The highest BCUT2D eigenvalue weighted by Crippen LogP contribution is 2.26. The van der Waals surface area contributed by atoms with E-state index >= 15 is 0 Å². The zero-order chi connectivity index (χ0) is 13.9. The first-order valence-electron chi connectivity index (χ1n) is 4.95. The second-order valence-electron chi connectivity index (χ2n) is 3.74. The van der Waals surface area contributed by atoms with Gasteiger partial charge in [-0.3, -0.25) is 0 Å². The third-order valence-electron chi connectivity index (χ3n) is 2.13. The van der Waals surface area contributed by atoms with E-state index in [1.807, 2.05) is 0 Å². The van der Waals surface area contributed by atoms with E-state index in [4.69, 9.17) is 9.88 Å². The molecular formula is C10H15N3O4S. The molecule has 0 heterocycles. The van der Waals surface area contributed by atoms with Crippen LogP contribution >= 0.6 is 0 Å². The van der Waals surface area contributed by atoms with Crippen molar-refractivity contribution in [2.75, 3.05) is 26.5 Å². The SMILES string of the molecule is COc1ccc(NC(=O)N(C)C)cc1S(N)(=O)=O. The summed E-state index contributed by atoms with van der Waals surface area (Å²) >= 11 is 0. The van der Waals surface area contributed by atoms with Crippen LogP contribution in [-0.2, 0) is 10.0 Å². The molecule has 0 aliphatic heterocycles. The number of carbonyl (C=O) groups excluding carboxylic acids is 1. The smallest absolute Gasteiger partial charge is 0.321 e. The molecule has 100 valence electrons. The Bertz CT molecular complexity index is 554. The van der Waals surface area contributed by atoms with Crippen molar-refractivity contribution in [1.82, 2.24) is 4.90 Å². The van der Waals surface area contributed by atoms with Crippen molar-refractivity contribution in [2.24, 2.45) is 5.14 Å². The van der Waals surface area contributed by atoms with Gasteiger partial charge in [-0.1, -0.05) is 0 Å². The number of primary sulfonamides is 1. The fourth-order valence-electron chi connectivity index (χ4n) is 1.21. The average molecular weight is 273 g/mol. The van der Waals surface area contributed by atoms with Crippen LogP contribution in [0.25, 0.3) is 0 Å². The van der Waals surface area contributed by atoms with Gasteiger partial charge >= 0.3 is 6.03 Å². The summed E-state index contributed by atoms with van der Waals surface area (Å²) in [4.78, 5) is 12.6. The number of carbonyl (C=O) groups is 1. The molecule has 0 bridgehead atoms. The third-order valence-corrected chi connectivity index (χ3v) is 3.06. The van der Waals surface area contributed by atoms with Gasteiger partial charge in [-0.25, -0.2) is 18.4 Å².